The molecule has 4 heavy (non-hydrogen) atoms. The van der Waals surface area contributed by atoms with Crippen LogP contribution in [0.1, 0.15) is 0 Å². The van der Waals surface area contributed by atoms with Crippen LogP contribution >= 0.6 is 0 Å². The van der Waals surface area contributed by atoms with Gasteiger partial charge in [0.2, 0.25) is 0 Å². The van der Waals surface area contributed by atoms with Gasteiger partial charge in [0.1, 0.15) is 0 Å². The molecule has 0 aromatic rings. The van der Waals surface area contributed by atoms with Crippen molar-refractivity contribution in [2.24, 2.45) is 0 Å². The predicted octanol–water partition coefficient (Wildman–Crippen LogP) is -2.46. The zero-order valence-corrected chi connectivity index (χ0v) is 1.89. The molecule has 2 N–H and O–H groups in total. The average molecular weight is 63.0 g/mol. The molecule has 0 unspecified atom stereocenters. The minimum atomic E-state index is -0.500. The Bertz CT molecular complexity index is 10.8. The van der Waals surface area contributed by atoms with Gasteiger partial charge >= 0.3 is 0 Å². The van der Waals surface area contributed by atoms with E-state index >= 15 is 0 Å². The van der Waals surface area contributed by atoms with Gasteiger partial charge in [0, 0.05) is 6.47 Å². The third kappa shape index (κ3) is 0.814. The number of rotatable bonds is 0. The first-order chi connectivity index (χ1) is 1.41. The Morgan fingerprint density at radius 3 is 1.75 bits per heavy atom. The van der Waals surface area contributed by atoms with Crippen LogP contribution in [0.3, 0.4) is 0 Å². The van der Waals surface area contributed by atoms with Gasteiger partial charge in [-0.1, -0.05) is 0 Å². The maximum Gasteiger partial charge on any atom is 0.0275 e. The van der Waals surface area contributed by atoms with Crippen LogP contribution in [0.2, 0.25) is 0 Å². The molecule has 0 atom stereocenters. The fourth-order valence-electron chi connectivity index (χ4n) is 0. The molecule has 3 nitrogen and oxygen atoms in total. The van der Waals surface area contributed by atoms with Crippen molar-refractivity contribution in [1.82, 2.24) is 0 Å². The Kier molecular flexibility index (Phi) is 66.5. The summed E-state index contributed by atoms with van der Waals surface area (Å²) in [6.45, 7) is -0.500. The molecule has 0 radical (unpaired) electrons. The highest BCUT2D eigenvalue weighted by Gasteiger charge is 0.996. The molecule has 0 fully saturated rings. The van der Waals surface area contributed by atoms with Gasteiger partial charge in [-0.2, -0.15) is 0 Å². The van der Waals surface area contributed by atoms with Crippen molar-refractivity contribution in [1.29, 1.82) is 0 Å². The summed E-state index contributed by atoms with van der Waals surface area (Å²) in [4.78, 5) is 8.25. The van der Waals surface area contributed by atoms with Gasteiger partial charge in [-0.25, -0.2) is 0 Å². The minimum absolute atomic E-state index is 0. The standard InChI is InChI=1S/CH2O2.H2O/c2-1-3;/h1H,(H,2,3);1H2/p-1. The molecular weight excluding hydrogens is 60.0 g/mol. The van der Waals surface area contributed by atoms with E-state index in [9.17, 15) is 0 Å². The van der Waals surface area contributed by atoms with E-state index in [2.05, 4.69) is 0 Å². The van der Waals surface area contributed by atoms with Crippen molar-refractivity contribution < 1.29 is 15.4 Å². The lowest BCUT2D eigenvalue weighted by Crippen LogP contribution is -2.01. The van der Waals surface area contributed by atoms with Gasteiger partial charge in [-0.05, 0) is 0 Å². The van der Waals surface area contributed by atoms with Crippen LogP contribution < -0.4 is 5.11 Å². The molecule has 0 rings (SSSR count). The third-order valence-corrected chi connectivity index (χ3v) is 0. The topological polar surface area (TPSA) is 71.6 Å². The Balaban J connectivity index is 0. The lowest BCUT2D eigenvalue weighted by molar-refractivity contribution is -0.283. The molecule has 0 amide bonds. The van der Waals surface area contributed by atoms with E-state index in [0.717, 1.165) is 0 Å². The van der Waals surface area contributed by atoms with Gasteiger partial charge in [0.25, 0.3) is 0 Å². The molecule has 0 saturated carbocycles. The van der Waals surface area contributed by atoms with Crippen LogP contribution in [0.5, 0.6) is 0 Å². The molecule has 0 aliphatic heterocycles. The average Bonchev–Trinajstić information content (AvgIpc) is 0.918. The molecular formula is CH3O3-. The van der Waals surface area contributed by atoms with Crippen LogP contribution in [0.25, 0.3) is 0 Å². The molecule has 3 heteroatoms. The van der Waals surface area contributed by atoms with Gasteiger partial charge in [-0.15, -0.1) is 0 Å². The van der Waals surface area contributed by atoms with Crippen molar-refractivity contribution in [3.05, 3.63) is 0 Å². The molecule has 0 aromatic carbocycles. The zero-order valence-electron chi connectivity index (χ0n) is 1.89. The smallest absolute Gasteiger partial charge is 0.0275 e. The van der Waals surface area contributed by atoms with E-state index in [0.29, 0.717) is 0 Å². The summed E-state index contributed by atoms with van der Waals surface area (Å²) in [6, 6.07) is 0. The lowest BCUT2D eigenvalue weighted by Gasteiger charge is -1.52. The normalized spacial score (nSPS) is 3.00. The predicted molar refractivity (Wildman–Crippen MR) is 9.68 cm³/mol. The fourth-order valence-corrected chi connectivity index (χ4v) is 0. The summed E-state index contributed by atoms with van der Waals surface area (Å²) >= 11 is 0. The van der Waals surface area contributed by atoms with E-state index in [1.54, 1.807) is 0 Å². The van der Waals surface area contributed by atoms with Gasteiger partial charge in [-0.3, -0.25) is 0 Å². The summed E-state index contributed by atoms with van der Waals surface area (Å²) in [5, 5.41) is 8.25. The van der Waals surface area contributed by atoms with E-state index in [4.69, 9.17) is 9.90 Å². The Hall–Kier alpha value is -0.570. The summed E-state index contributed by atoms with van der Waals surface area (Å²) < 4.78 is 0. The Morgan fingerprint density at radius 1 is 1.75 bits per heavy atom. The van der Waals surface area contributed by atoms with Gasteiger partial charge < -0.3 is 15.4 Å². The highest BCUT2D eigenvalue weighted by Crippen LogP contribution is 0.754. The van der Waals surface area contributed by atoms with Crippen LogP contribution in [-0.4, -0.2) is 11.9 Å². The molecule has 0 aliphatic rings. The van der Waals surface area contributed by atoms with Crippen LogP contribution in [0.4, 0.5) is 0 Å². The van der Waals surface area contributed by atoms with Crippen LogP contribution in [0, 0.1) is 0 Å². The maximum atomic E-state index is 8.25. The van der Waals surface area contributed by atoms with Crippen LogP contribution in [-0.2, 0) is 4.79 Å². The largest absolute Gasteiger partial charge is 0.554 e. The number of carbonyl (C=O) groups excluding carboxylic acids is 1. The summed E-state index contributed by atoms with van der Waals surface area (Å²) in [6.07, 6.45) is 0. The molecule has 0 heterocycles. The van der Waals surface area contributed by atoms with Gasteiger partial charge in [0.15, 0.2) is 0 Å². The summed E-state index contributed by atoms with van der Waals surface area (Å²) in [5.74, 6) is 0. The zero-order chi connectivity index (χ0) is 2.71. The second kappa shape index (κ2) is 26.9. The second-order valence-corrected chi connectivity index (χ2v) is 0.0962. The highest BCUT2D eigenvalue weighted by atomic mass is 16.3. The number of carboxylic acid groups (broad SMARTS) is 1. The van der Waals surface area contributed by atoms with Crippen molar-refractivity contribution >= 4 is 6.47 Å². The monoisotopic (exact) mass is 63.0 g/mol. The van der Waals surface area contributed by atoms with Gasteiger partial charge in [0.05, 0.1) is 0 Å². The van der Waals surface area contributed by atoms with E-state index in [-0.39, 0.29) is 5.48 Å². The first-order valence-corrected chi connectivity index (χ1v) is 0.471. The van der Waals surface area contributed by atoms with Crippen molar-refractivity contribution in [3.8, 4) is 0 Å². The second-order valence-electron chi connectivity index (χ2n) is 0.0962. The minimum Gasteiger partial charge on any atom is -0.554 e. The van der Waals surface area contributed by atoms with Crippen molar-refractivity contribution in [3.63, 3.8) is 0 Å². The number of carbonyl (C=O) groups is 1. The first kappa shape index (κ1) is 9.90. The van der Waals surface area contributed by atoms with E-state index in [1.807, 2.05) is 0 Å². The Labute approximate surface area is 23.2 Å². The number of hydrogen-bond donors (Lipinski definition) is 0. The quantitative estimate of drug-likeness (QED) is 0.292. The lowest BCUT2D eigenvalue weighted by atomic mass is 11.7. The summed E-state index contributed by atoms with van der Waals surface area (Å²) in [5.41, 5.74) is 0. The van der Waals surface area contributed by atoms with E-state index in [1.165, 1.54) is 0 Å². The van der Waals surface area contributed by atoms with Crippen LogP contribution in [0.15, 0.2) is 0 Å². The SMILES string of the molecule is O.O=C[O-]. The number of hydrogen-bond acceptors (Lipinski definition) is 2. The maximum absolute atomic E-state index is 8.25. The summed E-state index contributed by atoms with van der Waals surface area (Å²) in [7, 11) is 0. The molecule has 0 saturated heterocycles. The fraction of sp³-hybridized carbons (Fsp3) is 0. The Morgan fingerprint density at radius 2 is 1.75 bits per heavy atom. The van der Waals surface area contributed by atoms with Crippen molar-refractivity contribution in [2.75, 3.05) is 0 Å². The molecule has 0 aromatic heterocycles. The van der Waals surface area contributed by atoms with Crippen molar-refractivity contribution in [2.45, 2.75) is 0 Å². The molecule has 0 bridgehead atoms. The molecule has 0 aliphatic carbocycles. The third-order valence-electron chi connectivity index (χ3n) is 0. The molecule has 0 spiro atoms. The van der Waals surface area contributed by atoms with E-state index < -0.39 is 6.47 Å². The first-order valence-electron chi connectivity index (χ1n) is 0.471. The highest BCUT2D eigenvalue weighted by molar-refractivity contribution is 5.29. The molecule has 26 valence electrons.